The lowest BCUT2D eigenvalue weighted by Crippen LogP contribution is -2.05. The Hall–Kier alpha value is -1.67. The molecule has 2 nitrogen and oxygen atoms in total. The number of nitrogens with one attached hydrogen (secondary N) is 1. The molecule has 0 fully saturated rings. The number of aromatic nitrogens is 1. The van der Waals surface area contributed by atoms with Crippen LogP contribution in [0.3, 0.4) is 0 Å². The largest absolute Gasteiger partial charge is 0.316 e. The highest BCUT2D eigenvalue weighted by Gasteiger charge is 2.05. The number of hydrogen-bond acceptors (Lipinski definition) is 2. The average molecular weight is 226 g/mol. The van der Waals surface area contributed by atoms with E-state index in [0.29, 0.717) is 0 Å². The highest BCUT2D eigenvalue weighted by Crippen LogP contribution is 2.26. The van der Waals surface area contributed by atoms with Gasteiger partial charge in [-0.25, -0.2) is 0 Å². The minimum absolute atomic E-state index is 0.913. The standard InChI is InChI=1S/C15H18N2/c1-11-8-13(10-16-3)4-5-14(11)15-6-7-17-9-12(15)2/h4-9,16H,10H2,1-3H3. The van der Waals surface area contributed by atoms with Gasteiger partial charge in [-0.3, -0.25) is 4.98 Å². The average Bonchev–Trinajstić information content (AvgIpc) is 2.31. The van der Waals surface area contributed by atoms with Crippen molar-refractivity contribution in [2.75, 3.05) is 7.05 Å². The lowest BCUT2D eigenvalue weighted by molar-refractivity contribution is 0.817. The third kappa shape index (κ3) is 2.53. The summed E-state index contributed by atoms with van der Waals surface area (Å²) in [5.74, 6) is 0. The van der Waals surface area contributed by atoms with Crippen molar-refractivity contribution < 1.29 is 0 Å². The molecule has 0 atom stereocenters. The molecular weight excluding hydrogens is 208 g/mol. The maximum Gasteiger partial charge on any atom is 0.0303 e. The zero-order valence-electron chi connectivity index (χ0n) is 10.6. The number of nitrogens with zero attached hydrogens (tertiary/aromatic N) is 1. The summed E-state index contributed by atoms with van der Waals surface area (Å²) in [6.45, 7) is 5.17. The van der Waals surface area contributed by atoms with Crippen LogP contribution in [0.2, 0.25) is 0 Å². The van der Waals surface area contributed by atoms with Crippen molar-refractivity contribution >= 4 is 0 Å². The van der Waals surface area contributed by atoms with Crippen LogP contribution in [0.1, 0.15) is 16.7 Å². The maximum atomic E-state index is 4.14. The molecule has 2 aromatic rings. The molecule has 0 aliphatic heterocycles. The summed E-state index contributed by atoms with van der Waals surface area (Å²) in [6, 6.07) is 8.70. The molecule has 0 aliphatic rings. The van der Waals surface area contributed by atoms with Crippen molar-refractivity contribution in [3.63, 3.8) is 0 Å². The Morgan fingerprint density at radius 2 is 1.82 bits per heavy atom. The maximum absolute atomic E-state index is 4.14. The molecule has 2 rings (SSSR count). The fraction of sp³-hybridized carbons (Fsp3) is 0.267. The van der Waals surface area contributed by atoms with Crippen LogP contribution in [-0.2, 0) is 6.54 Å². The fourth-order valence-electron chi connectivity index (χ4n) is 2.12. The van der Waals surface area contributed by atoms with Crippen LogP contribution in [0.25, 0.3) is 11.1 Å². The van der Waals surface area contributed by atoms with Crippen molar-refractivity contribution in [3.8, 4) is 11.1 Å². The topological polar surface area (TPSA) is 24.9 Å². The molecule has 17 heavy (non-hydrogen) atoms. The molecule has 1 aromatic carbocycles. The van der Waals surface area contributed by atoms with Crippen molar-refractivity contribution in [2.45, 2.75) is 20.4 Å². The molecule has 0 aliphatic carbocycles. The van der Waals surface area contributed by atoms with Gasteiger partial charge in [-0.15, -0.1) is 0 Å². The summed E-state index contributed by atoms with van der Waals surface area (Å²) in [6.07, 6.45) is 3.76. The van der Waals surface area contributed by atoms with Gasteiger partial charge >= 0.3 is 0 Å². The van der Waals surface area contributed by atoms with Gasteiger partial charge in [0.15, 0.2) is 0 Å². The van der Waals surface area contributed by atoms with Gasteiger partial charge in [0.25, 0.3) is 0 Å². The molecule has 0 amide bonds. The summed E-state index contributed by atoms with van der Waals surface area (Å²) < 4.78 is 0. The van der Waals surface area contributed by atoms with E-state index in [1.807, 2.05) is 19.4 Å². The van der Waals surface area contributed by atoms with Crippen LogP contribution in [0.15, 0.2) is 36.7 Å². The van der Waals surface area contributed by atoms with Crippen LogP contribution in [0.4, 0.5) is 0 Å². The second kappa shape index (κ2) is 5.11. The van der Waals surface area contributed by atoms with Crippen LogP contribution in [0, 0.1) is 13.8 Å². The van der Waals surface area contributed by atoms with E-state index in [2.05, 4.69) is 48.4 Å². The Labute approximate surface area is 103 Å². The van der Waals surface area contributed by atoms with Crippen molar-refractivity contribution in [1.82, 2.24) is 10.3 Å². The smallest absolute Gasteiger partial charge is 0.0303 e. The van der Waals surface area contributed by atoms with Crippen LogP contribution < -0.4 is 5.32 Å². The molecule has 0 unspecified atom stereocenters. The molecular formula is C15H18N2. The summed E-state index contributed by atoms with van der Waals surface area (Å²) in [5.41, 5.74) is 6.42. The number of hydrogen-bond donors (Lipinski definition) is 1. The second-order valence-corrected chi connectivity index (χ2v) is 4.37. The van der Waals surface area contributed by atoms with Gasteiger partial charge in [0.1, 0.15) is 0 Å². The zero-order valence-corrected chi connectivity index (χ0v) is 10.6. The fourth-order valence-corrected chi connectivity index (χ4v) is 2.12. The van der Waals surface area contributed by atoms with E-state index in [-0.39, 0.29) is 0 Å². The highest BCUT2D eigenvalue weighted by atomic mass is 14.8. The summed E-state index contributed by atoms with van der Waals surface area (Å²) >= 11 is 0. The van der Waals surface area contributed by atoms with E-state index >= 15 is 0 Å². The van der Waals surface area contributed by atoms with Crippen LogP contribution >= 0.6 is 0 Å². The Balaban J connectivity index is 2.44. The predicted octanol–water partition coefficient (Wildman–Crippen LogP) is 3.08. The second-order valence-electron chi connectivity index (χ2n) is 4.37. The van der Waals surface area contributed by atoms with E-state index in [9.17, 15) is 0 Å². The molecule has 0 radical (unpaired) electrons. The first-order valence-corrected chi connectivity index (χ1v) is 5.87. The van der Waals surface area contributed by atoms with Crippen molar-refractivity contribution in [1.29, 1.82) is 0 Å². The van der Waals surface area contributed by atoms with Gasteiger partial charge in [0, 0.05) is 18.9 Å². The predicted molar refractivity (Wildman–Crippen MR) is 71.9 cm³/mol. The lowest BCUT2D eigenvalue weighted by atomic mass is 9.96. The van der Waals surface area contributed by atoms with E-state index < -0.39 is 0 Å². The number of rotatable bonds is 3. The van der Waals surface area contributed by atoms with Crippen LogP contribution in [-0.4, -0.2) is 12.0 Å². The monoisotopic (exact) mass is 226 g/mol. The van der Waals surface area contributed by atoms with E-state index in [1.165, 1.54) is 27.8 Å². The Morgan fingerprint density at radius 3 is 2.47 bits per heavy atom. The molecule has 0 spiro atoms. The minimum Gasteiger partial charge on any atom is -0.316 e. The van der Waals surface area contributed by atoms with Gasteiger partial charge in [-0.2, -0.15) is 0 Å². The lowest BCUT2D eigenvalue weighted by Gasteiger charge is -2.10. The molecule has 1 N–H and O–H groups in total. The van der Waals surface area contributed by atoms with Gasteiger partial charge in [0.05, 0.1) is 0 Å². The van der Waals surface area contributed by atoms with Crippen LogP contribution in [0.5, 0.6) is 0 Å². The minimum atomic E-state index is 0.913. The van der Waals surface area contributed by atoms with E-state index in [4.69, 9.17) is 0 Å². The number of aryl methyl sites for hydroxylation is 2. The first-order chi connectivity index (χ1) is 8.22. The molecule has 1 aromatic heterocycles. The Bertz CT molecular complexity index is 518. The molecule has 88 valence electrons. The van der Waals surface area contributed by atoms with Gasteiger partial charge in [0.2, 0.25) is 0 Å². The summed E-state index contributed by atoms with van der Waals surface area (Å²) in [7, 11) is 1.97. The first kappa shape index (κ1) is 11.8. The molecule has 2 heteroatoms. The molecule has 1 heterocycles. The van der Waals surface area contributed by atoms with Crippen molar-refractivity contribution in [2.24, 2.45) is 0 Å². The highest BCUT2D eigenvalue weighted by molar-refractivity contribution is 5.70. The molecule has 0 saturated carbocycles. The van der Waals surface area contributed by atoms with E-state index in [0.717, 1.165) is 6.54 Å². The Kier molecular flexibility index (Phi) is 3.55. The van der Waals surface area contributed by atoms with Gasteiger partial charge < -0.3 is 5.32 Å². The third-order valence-corrected chi connectivity index (χ3v) is 2.98. The Morgan fingerprint density at radius 1 is 1.06 bits per heavy atom. The van der Waals surface area contributed by atoms with Gasteiger partial charge in [-0.1, -0.05) is 18.2 Å². The molecule has 0 saturated heterocycles. The first-order valence-electron chi connectivity index (χ1n) is 5.87. The van der Waals surface area contributed by atoms with Gasteiger partial charge in [-0.05, 0) is 54.8 Å². The summed E-state index contributed by atoms with van der Waals surface area (Å²) in [4.78, 5) is 4.14. The SMILES string of the molecule is CNCc1ccc(-c2ccncc2C)c(C)c1. The molecule has 0 bridgehead atoms. The normalized spacial score (nSPS) is 10.5. The number of pyridine rings is 1. The number of benzene rings is 1. The van der Waals surface area contributed by atoms with Crippen molar-refractivity contribution in [3.05, 3.63) is 53.3 Å². The quantitative estimate of drug-likeness (QED) is 0.870. The summed E-state index contributed by atoms with van der Waals surface area (Å²) in [5, 5.41) is 3.17. The third-order valence-electron chi connectivity index (χ3n) is 2.98. The van der Waals surface area contributed by atoms with E-state index in [1.54, 1.807) is 0 Å². The zero-order chi connectivity index (χ0) is 12.3.